The Morgan fingerprint density at radius 1 is 0.412 bits per heavy atom. The smallest absolute Gasteiger partial charge is 0.255 e. The van der Waals surface area contributed by atoms with Gasteiger partial charge < -0.3 is 0 Å². The van der Waals surface area contributed by atoms with Gasteiger partial charge in [-0.15, -0.1) is 0 Å². The van der Waals surface area contributed by atoms with Crippen LogP contribution in [0, 0.1) is 0 Å². The molecule has 6 nitrogen and oxygen atoms in total. The Morgan fingerprint density at radius 3 is 0.971 bits per heavy atom. The van der Waals surface area contributed by atoms with Gasteiger partial charge in [0.1, 0.15) is 12.2 Å². The summed E-state index contributed by atoms with van der Waals surface area (Å²) in [7, 11) is -8.51. The SMILES string of the molecule is O=S(=O)(O[C@@H](c1ccccc1)[C@@H](OS(=O)(=O)c1ccccc1)c1ccccc1)c1ccccc1. The second kappa shape index (κ2) is 10.3. The van der Waals surface area contributed by atoms with Gasteiger partial charge in [0, 0.05) is 0 Å². The van der Waals surface area contributed by atoms with E-state index in [-0.39, 0.29) is 9.79 Å². The molecule has 0 N–H and O–H groups in total. The molecule has 0 saturated heterocycles. The van der Waals surface area contributed by atoms with Gasteiger partial charge in [0.05, 0.1) is 9.79 Å². The second-order valence-electron chi connectivity index (χ2n) is 7.39. The summed E-state index contributed by atoms with van der Waals surface area (Å²) in [6.07, 6.45) is -2.57. The molecule has 0 spiro atoms. The zero-order valence-electron chi connectivity index (χ0n) is 18.0. The van der Waals surface area contributed by atoms with Crippen molar-refractivity contribution in [2.45, 2.75) is 22.0 Å². The molecule has 0 aliphatic heterocycles. The van der Waals surface area contributed by atoms with Gasteiger partial charge in [-0.3, -0.25) is 8.37 Å². The second-order valence-corrected chi connectivity index (χ2v) is 10.5. The molecule has 8 heteroatoms. The summed E-state index contributed by atoms with van der Waals surface area (Å²) >= 11 is 0. The van der Waals surface area contributed by atoms with Crippen LogP contribution in [-0.2, 0) is 28.6 Å². The van der Waals surface area contributed by atoms with E-state index in [2.05, 4.69) is 0 Å². The number of rotatable bonds is 9. The van der Waals surface area contributed by atoms with Crippen molar-refractivity contribution in [2.24, 2.45) is 0 Å². The first-order valence-electron chi connectivity index (χ1n) is 10.4. The molecule has 174 valence electrons. The summed E-state index contributed by atoms with van der Waals surface area (Å²) in [4.78, 5) is -0.0951. The van der Waals surface area contributed by atoms with Gasteiger partial charge in [-0.25, -0.2) is 0 Å². The molecular weight excluding hydrogens is 472 g/mol. The Bertz CT molecular complexity index is 1300. The first-order valence-corrected chi connectivity index (χ1v) is 13.2. The first kappa shape index (κ1) is 23.8. The summed E-state index contributed by atoms with van der Waals surface area (Å²) in [6.45, 7) is 0. The van der Waals surface area contributed by atoms with Crippen LogP contribution in [0.4, 0.5) is 0 Å². The van der Waals surface area contributed by atoms with E-state index in [4.69, 9.17) is 8.37 Å². The van der Waals surface area contributed by atoms with Crippen LogP contribution in [0.5, 0.6) is 0 Å². The zero-order chi connectivity index (χ0) is 24.0. The largest absolute Gasteiger partial charge is 0.297 e. The van der Waals surface area contributed by atoms with Crippen molar-refractivity contribution in [2.75, 3.05) is 0 Å². The molecule has 34 heavy (non-hydrogen) atoms. The number of hydrogen-bond donors (Lipinski definition) is 0. The van der Waals surface area contributed by atoms with Gasteiger partial charge in [0.25, 0.3) is 20.2 Å². The van der Waals surface area contributed by atoms with Gasteiger partial charge in [0.15, 0.2) is 0 Å². The zero-order valence-corrected chi connectivity index (χ0v) is 19.6. The topological polar surface area (TPSA) is 86.7 Å². The maximum Gasteiger partial charge on any atom is 0.297 e. The maximum atomic E-state index is 13.2. The van der Waals surface area contributed by atoms with E-state index in [9.17, 15) is 16.8 Å². The lowest BCUT2D eigenvalue weighted by molar-refractivity contribution is 0.0615. The van der Waals surface area contributed by atoms with E-state index in [1.807, 2.05) is 0 Å². The van der Waals surface area contributed by atoms with Gasteiger partial charge in [-0.1, -0.05) is 97.1 Å². The Morgan fingerprint density at radius 2 is 0.676 bits per heavy atom. The highest BCUT2D eigenvalue weighted by Gasteiger charge is 2.36. The van der Waals surface area contributed by atoms with Crippen LogP contribution in [-0.4, -0.2) is 16.8 Å². The predicted molar refractivity (Wildman–Crippen MR) is 128 cm³/mol. The summed E-state index contributed by atoms with van der Waals surface area (Å²) in [5.74, 6) is 0. The Balaban J connectivity index is 1.82. The minimum absolute atomic E-state index is 0.0475. The third-order valence-corrected chi connectivity index (χ3v) is 7.68. The first-order chi connectivity index (χ1) is 16.4. The molecule has 0 saturated carbocycles. The fourth-order valence-corrected chi connectivity index (χ4v) is 5.58. The van der Waals surface area contributed by atoms with E-state index >= 15 is 0 Å². The Kier molecular flexibility index (Phi) is 7.23. The van der Waals surface area contributed by atoms with E-state index in [0.29, 0.717) is 11.1 Å². The third-order valence-electron chi connectivity index (χ3n) is 5.06. The van der Waals surface area contributed by atoms with Crippen LogP contribution < -0.4 is 0 Å². The van der Waals surface area contributed by atoms with Crippen molar-refractivity contribution in [1.29, 1.82) is 0 Å². The molecule has 0 heterocycles. The molecule has 0 unspecified atom stereocenters. The van der Waals surface area contributed by atoms with Crippen molar-refractivity contribution in [1.82, 2.24) is 0 Å². The summed E-state index contributed by atoms with van der Waals surface area (Å²) in [6, 6.07) is 32.4. The molecule has 0 fully saturated rings. The molecule has 0 aromatic heterocycles. The average Bonchev–Trinajstić information content (AvgIpc) is 2.88. The van der Waals surface area contributed by atoms with Gasteiger partial charge in [-0.05, 0) is 35.4 Å². The molecule has 0 amide bonds. The predicted octanol–water partition coefficient (Wildman–Crippen LogP) is 5.28. The quantitative estimate of drug-likeness (QED) is 0.294. The standard InChI is InChI=1S/C26H22O6S2/c27-33(28,23-17-9-3-10-18-23)31-25(21-13-5-1-6-14-21)26(22-15-7-2-8-16-22)32-34(29,30)24-19-11-4-12-20-24/h1-20,25-26H/t25-,26-/m0/s1. The Hall–Kier alpha value is -3.30. The molecule has 0 aliphatic rings. The van der Waals surface area contributed by atoms with Crippen molar-refractivity contribution >= 4 is 20.2 Å². The monoisotopic (exact) mass is 494 g/mol. The lowest BCUT2D eigenvalue weighted by atomic mass is 9.98. The van der Waals surface area contributed by atoms with Crippen LogP contribution >= 0.6 is 0 Å². The van der Waals surface area contributed by atoms with Gasteiger partial charge >= 0.3 is 0 Å². The van der Waals surface area contributed by atoms with Crippen molar-refractivity contribution < 1.29 is 25.2 Å². The summed E-state index contributed by atoms with van der Waals surface area (Å²) in [5, 5.41) is 0. The van der Waals surface area contributed by atoms with Crippen molar-refractivity contribution in [3.05, 3.63) is 132 Å². The van der Waals surface area contributed by atoms with E-state index in [1.54, 1.807) is 97.1 Å². The number of hydrogen-bond acceptors (Lipinski definition) is 6. The highest BCUT2D eigenvalue weighted by atomic mass is 32.2. The molecule has 0 bridgehead atoms. The molecule has 4 aromatic carbocycles. The fraction of sp³-hybridized carbons (Fsp3) is 0.0769. The van der Waals surface area contributed by atoms with Crippen LogP contribution in [0.15, 0.2) is 131 Å². The highest BCUT2D eigenvalue weighted by Crippen LogP contribution is 2.39. The van der Waals surface area contributed by atoms with Crippen LogP contribution in [0.1, 0.15) is 23.3 Å². The molecular formula is C26H22O6S2. The van der Waals surface area contributed by atoms with Gasteiger partial charge in [-0.2, -0.15) is 16.8 Å². The minimum Gasteiger partial charge on any atom is -0.255 e. The summed E-state index contributed by atoms with van der Waals surface area (Å²) < 4.78 is 64.0. The van der Waals surface area contributed by atoms with Crippen LogP contribution in [0.2, 0.25) is 0 Å². The highest BCUT2D eigenvalue weighted by molar-refractivity contribution is 7.87. The summed E-state index contributed by atoms with van der Waals surface area (Å²) in [5.41, 5.74) is 0.887. The van der Waals surface area contributed by atoms with Crippen molar-refractivity contribution in [3.8, 4) is 0 Å². The average molecular weight is 495 g/mol. The van der Waals surface area contributed by atoms with Gasteiger partial charge in [0.2, 0.25) is 0 Å². The molecule has 4 rings (SSSR count). The van der Waals surface area contributed by atoms with Crippen LogP contribution in [0.25, 0.3) is 0 Å². The normalized spacial score (nSPS) is 13.8. The molecule has 4 aromatic rings. The third kappa shape index (κ3) is 5.60. The Labute approximate surface area is 199 Å². The minimum atomic E-state index is -4.26. The van der Waals surface area contributed by atoms with Crippen LogP contribution in [0.3, 0.4) is 0 Å². The molecule has 0 aliphatic carbocycles. The molecule has 0 radical (unpaired) electrons. The maximum absolute atomic E-state index is 13.2. The number of benzene rings is 4. The molecule has 2 atom stereocenters. The van der Waals surface area contributed by atoms with E-state index in [1.165, 1.54) is 24.3 Å². The van der Waals surface area contributed by atoms with E-state index in [0.717, 1.165) is 0 Å². The van der Waals surface area contributed by atoms with E-state index < -0.39 is 32.4 Å². The van der Waals surface area contributed by atoms with Crippen molar-refractivity contribution in [3.63, 3.8) is 0 Å². The fourth-order valence-electron chi connectivity index (χ4n) is 3.41. The lowest BCUT2D eigenvalue weighted by Crippen LogP contribution is -2.24. The lowest BCUT2D eigenvalue weighted by Gasteiger charge is -2.27.